The van der Waals surface area contributed by atoms with Crippen LogP contribution in [0.4, 0.5) is 8.78 Å². The van der Waals surface area contributed by atoms with E-state index in [0.29, 0.717) is 31.5 Å². The van der Waals surface area contributed by atoms with Crippen molar-refractivity contribution in [3.8, 4) is 0 Å². The summed E-state index contributed by atoms with van der Waals surface area (Å²) >= 11 is 0. The van der Waals surface area contributed by atoms with Gasteiger partial charge in [0.1, 0.15) is 11.6 Å². The van der Waals surface area contributed by atoms with Crippen LogP contribution in [0.25, 0.3) is 0 Å². The van der Waals surface area contributed by atoms with E-state index in [1.807, 2.05) is 30.3 Å². The van der Waals surface area contributed by atoms with Gasteiger partial charge in [0, 0.05) is 19.6 Å². The summed E-state index contributed by atoms with van der Waals surface area (Å²) in [4.78, 5) is 22.3. The first-order valence-electron chi connectivity index (χ1n) is 12.0. The van der Waals surface area contributed by atoms with Crippen LogP contribution in [0.3, 0.4) is 0 Å². The lowest BCUT2D eigenvalue weighted by molar-refractivity contribution is -0.166. The number of halogens is 2. The molecule has 7 heteroatoms. The number of hydrogen-bond donors (Lipinski definition) is 1. The van der Waals surface area contributed by atoms with Crippen molar-refractivity contribution in [1.82, 2.24) is 14.8 Å². The van der Waals surface area contributed by atoms with Crippen molar-refractivity contribution in [3.05, 3.63) is 101 Å². The van der Waals surface area contributed by atoms with E-state index in [4.69, 9.17) is 0 Å². The number of benzene rings is 2. The highest BCUT2D eigenvalue weighted by atomic mass is 19.1. The predicted molar refractivity (Wildman–Crippen MR) is 128 cm³/mol. The van der Waals surface area contributed by atoms with Gasteiger partial charge in [0.2, 0.25) is 5.91 Å². The summed E-state index contributed by atoms with van der Waals surface area (Å²) in [5.41, 5.74) is 1.55. The molecular weight excluding hydrogens is 448 g/mol. The predicted octanol–water partition coefficient (Wildman–Crippen LogP) is 4.48. The lowest BCUT2D eigenvalue weighted by atomic mass is 9.69. The molecule has 1 amide bonds. The molecule has 0 aliphatic carbocycles. The Morgan fingerprint density at radius 3 is 2.57 bits per heavy atom. The summed E-state index contributed by atoms with van der Waals surface area (Å²) in [7, 11) is 0. The monoisotopic (exact) mass is 477 g/mol. The molecular formula is C28H29F2N3O2. The van der Waals surface area contributed by atoms with Crippen LogP contribution in [0, 0.1) is 17.0 Å². The van der Waals surface area contributed by atoms with Crippen LogP contribution in [0.5, 0.6) is 0 Å². The molecule has 182 valence electrons. The maximum Gasteiger partial charge on any atom is 0.231 e. The minimum absolute atomic E-state index is 0.0160. The molecule has 2 aromatic carbocycles. The van der Waals surface area contributed by atoms with E-state index >= 15 is 0 Å². The number of aliphatic hydroxyl groups is 1. The number of piperidine rings is 2. The Balaban J connectivity index is 1.45. The first kappa shape index (κ1) is 23.6. The SMILES string of the molecule is O=C1N(Cc2cccc(F)c2)[C@@H](c2ccccc2)[C@H](O)C[C@]12CCCN(Cc1ccc(F)cn1)C2. The van der Waals surface area contributed by atoms with E-state index in [1.54, 1.807) is 23.1 Å². The van der Waals surface area contributed by atoms with Gasteiger partial charge in [-0.15, -0.1) is 0 Å². The average molecular weight is 478 g/mol. The Morgan fingerprint density at radius 1 is 1.00 bits per heavy atom. The van der Waals surface area contributed by atoms with Gasteiger partial charge in [-0.3, -0.25) is 14.7 Å². The van der Waals surface area contributed by atoms with Gasteiger partial charge < -0.3 is 10.0 Å². The molecule has 1 spiro atoms. The first-order valence-corrected chi connectivity index (χ1v) is 12.0. The fourth-order valence-electron chi connectivity index (χ4n) is 5.72. The van der Waals surface area contributed by atoms with Crippen LogP contribution in [0.1, 0.15) is 42.1 Å². The van der Waals surface area contributed by atoms with Gasteiger partial charge in [-0.2, -0.15) is 0 Å². The molecule has 35 heavy (non-hydrogen) atoms. The summed E-state index contributed by atoms with van der Waals surface area (Å²) in [5.74, 6) is -0.749. The van der Waals surface area contributed by atoms with Gasteiger partial charge >= 0.3 is 0 Å². The number of rotatable bonds is 5. The van der Waals surface area contributed by atoms with Crippen molar-refractivity contribution >= 4 is 5.91 Å². The van der Waals surface area contributed by atoms with Gasteiger partial charge in [0.15, 0.2) is 0 Å². The third kappa shape index (κ3) is 4.97. The van der Waals surface area contributed by atoms with Crippen molar-refractivity contribution in [3.63, 3.8) is 0 Å². The molecule has 2 aliphatic heterocycles. The molecule has 2 saturated heterocycles. The molecule has 3 atom stereocenters. The lowest BCUT2D eigenvalue weighted by Crippen LogP contribution is -2.60. The van der Waals surface area contributed by atoms with Crippen LogP contribution >= 0.6 is 0 Å². The topological polar surface area (TPSA) is 56.7 Å². The highest BCUT2D eigenvalue weighted by Crippen LogP contribution is 2.46. The van der Waals surface area contributed by atoms with Gasteiger partial charge in [0.05, 0.1) is 29.5 Å². The zero-order chi connectivity index (χ0) is 24.4. The Hall–Kier alpha value is -3.16. The molecule has 3 heterocycles. The maximum atomic E-state index is 14.2. The van der Waals surface area contributed by atoms with Crippen LogP contribution in [0.2, 0.25) is 0 Å². The summed E-state index contributed by atoms with van der Waals surface area (Å²) < 4.78 is 27.2. The van der Waals surface area contributed by atoms with Crippen molar-refractivity contribution in [2.75, 3.05) is 13.1 Å². The van der Waals surface area contributed by atoms with Crippen molar-refractivity contribution in [2.45, 2.75) is 44.5 Å². The summed E-state index contributed by atoms with van der Waals surface area (Å²) in [6.07, 6.45) is 2.29. The van der Waals surface area contributed by atoms with E-state index in [9.17, 15) is 18.7 Å². The highest BCUT2D eigenvalue weighted by Gasteiger charge is 2.52. The van der Waals surface area contributed by atoms with Crippen molar-refractivity contribution < 1.29 is 18.7 Å². The number of aromatic nitrogens is 1. The lowest BCUT2D eigenvalue weighted by Gasteiger charge is -2.52. The number of amides is 1. The second kappa shape index (κ2) is 9.84. The quantitative estimate of drug-likeness (QED) is 0.589. The number of likely N-dealkylation sites (tertiary alicyclic amines) is 2. The third-order valence-corrected chi connectivity index (χ3v) is 7.23. The first-order chi connectivity index (χ1) is 16.9. The average Bonchev–Trinajstić information content (AvgIpc) is 2.85. The Morgan fingerprint density at radius 2 is 1.83 bits per heavy atom. The summed E-state index contributed by atoms with van der Waals surface area (Å²) in [6.45, 7) is 2.02. The zero-order valence-corrected chi connectivity index (χ0v) is 19.5. The van der Waals surface area contributed by atoms with Crippen LogP contribution < -0.4 is 0 Å². The van der Waals surface area contributed by atoms with Gasteiger partial charge in [-0.25, -0.2) is 8.78 Å². The molecule has 2 aliphatic rings. The minimum atomic E-state index is -0.757. The van der Waals surface area contributed by atoms with E-state index in [-0.39, 0.29) is 24.1 Å². The standard InChI is InChI=1S/C28H29F2N3O2/c29-22-9-4-6-20(14-22)17-33-26(21-7-2-1-3-8-21)25(34)15-28(27(33)35)12-5-13-32(19-28)18-24-11-10-23(30)16-31-24/h1-4,6-11,14,16,25-26,34H,5,12-13,15,17-19H2/t25-,26+,28+/m1/s1. The van der Waals surface area contributed by atoms with Gasteiger partial charge in [-0.05, 0) is 61.2 Å². The van der Waals surface area contributed by atoms with Crippen LogP contribution in [-0.4, -0.2) is 45.0 Å². The van der Waals surface area contributed by atoms with Gasteiger partial charge in [-0.1, -0.05) is 42.5 Å². The summed E-state index contributed by atoms with van der Waals surface area (Å²) in [6, 6.07) is 18.4. The molecule has 2 fully saturated rings. The van der Waals surface area contributed by atoms with Crippen molar-refractivity contribution in [2.24, 2.45) is 5.41 Å². The molecule has 1 N–H and O–H groups in total. The highest BCUT2D eigenvalue weighted by molar-refractivity contribution is 5.85. The molecule has 0 saturated carbocycles. The molecule has 0 unspecified atom stereocenters. The molecule has 0 radical (unpaired) electrons. The molecule has 3 aromatic rings. The van der Waals surface area contributed by atoms with Crippen molar-refractivity contribution in [1.29, 1.82) is 0 Å². The number of carbonyl (C=O) groups excluding carboxylic acids is 1. The molecule has 5 rings (SSSR count). The minimum Gasteiger partial charge on any atom is -0.391 e. The van der Waals surface area contributed by atoms with E-state index in [2.05, 4.69) is 9.88 Å². The number of nitrogens with zero attached hydrogens (tertiary/aromatic N) is 3. The fraction of sp³-hybridized carbons (Fsp3) is 0.357. The van der Waals surface area contributed by atoms with Crippen LogP contribution in [-0.2, 0) is 17.9 Å². The Labute approximate surface area is 204 Å². The molecule has 0 bridgehead atoms. The van der Waals surface area contributed by atoms with E-state index in [0.717, 1.165) is 24.2 Å². The maximum absolute atomic E-state index is 14.2. The van der Waals surface area contributed by atoms with Gasteiger partial charge in [0.25, 0.3) is 0 Å². The largest absolute Gasteiger partial charge is 0.391 e. The number of pyridine rings is 1. The Bertz CT molecular complexity index is 1170. The number of carbonyl (C=O) groups is 1. The zero-order valence-electron chi connectivity index (χ0n) is 19.5. The number of hydrogen-bond acceptors (Lipinski definition) is 4. The molecule has 1 aromatic heterocycles. The van der Waals surface area contributed by atoms with E-state index < -0.39 is 17.6 Å². The van der Waals surface area contributed by atoms with E-state index in [1.165, 1.54) is 24.4 Å². The number of aliphatic hydroxyl groups excluding tert-OH is 1. The van der Waals surface area contributed by atoms with Crippen LogP contribution in [0.15, 0.2) is 72.9 Å². The third-order valence-electron chi connectivity index (χ3n) is 7.23. The second-order valence-electron chi connectivity index (χ2n) is 9.75. The summed E-state index contributed by atoms with van der Waals surface area (Å²) in [5, 5.41) is 11.4. The second-order valence-corrected chi connectivity index (χ2v) is 9.75. The smallest absolute Gasteiger partial charge is 0.231 e. The molecule has 5 nitrogen and oxygen atoms in total. The normalized spacial score (nSPS) is 25.2. The Kier molecular flexibility index (Phi) is 6.62. The fourth-order valence-corrected chi connectivity index (χ4v) is 5.72.